The van der Waals surface area contributed by atoms with Crippen molar-refractivity contribution >= 4 is 6.21 Å². The molecule has 0 fully saturated rings. The van der Waals surface area contributed by atoms with Gasteiger partial charge in [0.05, 0.1) is 0 Å². The van der Waals surface area contributed by atoms with Crippen molar-refractivity contribution in [2.24, 2.45) is 0 Å². The van der Waals surface area contributed by atoms with E-state index < -0.39 is 0 Å². The van der Waals surface area contributed by atoms with Gasteiger partial charge in [0, 0.05) is 12.8 Å². The number of hydrogen-bond donors (Lipinski definition) is 0. The third-order valence-electron chi connectivity index (χ3n) is 1.86. The number of nitrogens with zero attached hydrogens (tertiary/aromatic N) is 1. The van der Waals surface area contributed by atoms with E-state index in [-0.39, 0.29) is 0 Å². The fraction of sp³-hybridized carbons (Fsp3) is 0.900. The van der Waals surface area contributed by atoms with Crippen LogP contribution in [0.4, 0.5) is 0 Å². The maximum atomic E-state index is 2.41. The Bertz CT molecular complexity index is 105. The molecule has 0 aromatic rings. The molecule has 0 heterocycles. The number of rotatable bonds is 6. The van der Waals surface area contributed by atoms with Crippen LogP contribution in [-0.4, -0.2) is 23.9 Å². The van der Waals surface area contributed by atoms with Crippen LogP contribution in [0.1, 0.15) is 46.5 Å². The second-order valence-electron chi connectivity index (χ2n) is 2.95. The molecule has 0 radical (unpaired) electrons. The van der Waals surface area contributed by atoms with Gasteiger partial charge in [-0.3, -0.25) is 0 Å². The van der Waals surface area contributed by atoms with Crippen molar-refractivity contribution in [1.29, 1.82) is 0 Å². The molecule has 11 heavy (non-hydrogen) atoms. The van der Waals surface area contributed by atoms with E-state index in [1.165, 1.54) is 32.2 Å². The fourth-order valence-corrected chi connectivity index (χ4v) is 1.14. The van der Waals surface area contributed by atoms with Crippen LogP contribution in [0.15, 0.2) is 0 Å². The predicted octanol–water partition coefficient (Wildman–Crippen LogP) is 2.69. The Morgan fingerprint density at radius 1 is 1.09 bits per heavy atom. The molecule has 1 heteroatoms. The molecule has 1 nitrogen and oxygen atoms in total. The lowest BCUT2D eigenvalue weighted by Crippen LogP contribution is -2.13. The van der Waals surface area contributed by atoms with Crippen LogP contribution in [0, 0.1) is 0 Å². The monoisotopic (exact) mass is 156 g/mol. The zero-order valence-electron chi connectivity index (χ0n) is 8.27. The quantitative estimate of drug-likeness (QED) is 0.316. The number of unbranched alkanes of at least 4 members (excludes halogenated alkanes) is 2. The molecular weight excluding hydrogens is 134 g/mol. The summed E-state index contributed by atoms with van der Waals surface area (Å²) < 4.78 is 2.41. The van der Waals surface area contributed by atoms with E-state index in [1.807, 2.05) is 0 Å². The minimum absolute atomic E-state index is 1.16. The SMILES string of the molecule is CCCCC=[N+](CC)CCC. The van der Waals surface area contributed by atoms with Crippen LogP contribution in [0.2, 0.25) is 0 Å². The second kappa shape index (κ2) is 7.77. The van der Waals surface area contributed by atoms with Crippen LogP contribution in [0.25, 0.3) is 0 Å². The predicted molar refractivity (Wildman–Crippen MR) is 51.5 cm³/mol. The maximum Gasteiger partial charge on any atom is 0.142 e. The van der Waals surface area contributed by atoms with Crippen LogP contribution in [0.3, 0.4) is 0 Å². The van der Waals surface area contributed by atoms with Gasteiger partial charge in [-0.15, -0.1) is 0 Å². The molecular formula is C10H22N+. The Morgan fingerprint density at radius 3 is 2.27 bits per heavy atom. The first-order chi connectivity index (χ1) is 5.35. The van der Waals surface area contributed by atoms with Gasteiger partial charge >= 0.3 is 0 Å². The number of hydrogen-bond acceptors (Lipinski definition) is 0. The third kappa shape index (κ3) is 6.08. The van der Waals surface area contributed by atoms with E-state index in [2.05, 4.69) is 31.6 Å². The lowest BCUT2D eigenvalue weighted by molar-refractivity contribution is -0.520. The van der Waals surface area contributed by atoms with Gasteiger partial charge in [0.15, 0.2) is 0 Å². The Balaban J connectivity index is 3.52. The molecule has 0 aliphatic heterocycles. The summed E-state index contributed by atoms with van der Waals surface area (Å²) in [5.74, 6) is 0. The molecule has 0 aromatic carbocycles. The summed E-state index contributed by atoms with van der Waals surface area (Å²) >= 11 is 0. The molecule has 0 saturated carbocycles. The molecule has 0 aromatic heterocycles. The van der Waals surface area contributed by atoms with Gasteiger partial charge < -0.3 is 0 Å². The third-order valence-corrected chi connectivity index (χ3v) is 1.86. The van der Waals surface area contributed by atoms with E-state index in [0.717, 1.165) is 6.54 Å². The second-order valence-corrected chi connectivity index (χ2v) is 2.95. The molecule has 0 bridgehead atoms. The highest BCUT2D eigenvalue weighted by atomic mass is 15.0. The first-order valence-corrected chi connectivity index (χ1v) is 4.92. The van der Waals surface area contributed by atoms with Gasteiger partial charge in [-0.2, -0.15) is 0 Å². The van der Waals surface area contributed by atoms with Crippen molar-refractivity contribution in [2.45, 2.75) is 46.5 Å². The van der Waals surface area contributed by atoms with E-state index in [9.17, 15) is 0 Å². The average molecular weight is 156 g/mol. The van der Waals surface area contributed by atoms with Crippen molar-refractivity contribution in [3.05, 3.63) is 0 Å². The largest absolute Gasteiger partial charge is 0.240 e. The highest BCUT2D eigenvalue weighted by Gasteiger charge is 1.96. The summed E-state index contributed by atoms with van der Waals surface area (Å²) in [7, 11) is 0. The van der Waals surface area contributed by atoms with Crippen LogP contribution in [-0.2, 0) is 0 Å². The lowest BCUT2D eigenvalue weighted by atomic mass is 10.3. The van der Waals surface area contributed by atoms with Crippen molar-refractivity contribution in [1.82, 2.24) is 0 Å². The van der Waals surface area contributed by atoms with Crippen LogP contribution >= 0.6 is 0 Å². The zero-order valence-corrected chi connectivity index (χ0v) is 8.27. The minimum Gasteiger partial charge on any atom is -0.240 e. The molecule has 0 atom stereocenters. The fourth-order valence-electron chi connectivity index (χ4n) is 1.14. The minimum atomic E-state index is 1.16. The smallest absolute Gasteiger partial charge is 0.142 e. The van der Waals surface area contributed by atoms with Crippen LogP contribution < -0.4 is 0 Å². The summed E-state index contributed by atoms with van der Waals surface area (Å²) in [5.41, 5.74) is 0. The molecule has 0 aliphatic rings. The standard InChI is InChI=1S/C10H22N/c1-4-7-8-10-11(6-3)9-5-2/h10H,4-9H2,1-3H3/q+1. The molecule has 0 unspecified atom stereocenters. The average Bonchev–Trinajstić information content (AvgIpc) is 2.03. The van der Waals surface area contributed by atoms with Gasteiger partial charge in [0.2, 0.25) is 0 Å². The van der Waals surface area contributed by atoms with E-state index in [0.29, 0.717) is 0 Å². The van der Waals surface area contributed by atoms with Gasteiger partial charge in [0.25, 0.3) is 0 Å². The van der Waals surface area contributed by atoms with Crippen molar-refractivity contribution in [3.63, 3.8) is 0 Å². The Morgan fingerprint density at radius 2 is 1.82 bits per heavy atom. The topological polar surface area (TPSA) is 3.01 Å². The molecule has 0 rings (SSSR count). The Kier molecular flexibility index (Phi) is 7.54. The van der Waals surface area contributed by atoms with Gasteiger partial charge in [-0.25, -0.2) is 4.58 Å². The first kappa shape index (κ1) is 10.7. The molecule has 0 amide bonds. The molecule has 0 spiro atoms. The lowest BCUT2D eigenvalue weighted by Gasteiger charge is -1.97. The van der Waals surface area contributed by atoms with Gasteiger partial charge in [0.1, 0.15) is 19.3 Å². The van der Waals surface area contributed by atoms with Gasteiger partial charge in [-0.1, -0.05) is 20.3 Å². The highest BCUT2D eigenvalue weighted by molar-refractivity contribution is 5.50. The van der Waals surface area contributed by atoms with Crippen LogP contribution in [0.5, 0.6) is 0 Å². The van der Waals surface area contributed by atoms with E-state index in [1.54, 1.807) is 0 Å². The van der Waals surface area contributed by atoms with Crippen molar-refractivity contribution in [2.75, 3.05) is 13.1 Å². The first-order valence-electron chi connectivity index (χ1n) is 4.92. The van der Waals surface area contributed by atoms with Crippen molar-refractivity contribution in [3.8, 4) is 0 Å². The Hall–Kier alpha value is -0.330. The summed E-state index contributed by atoms with van der Waals surface area (Å²) in [6.07, 6.45) is 7.51. The Labute approximate surface area is 71.1 Å². The van der Waals surface area contributed by atoms with E-state index in [4.69, 9.17) is 0 Å². The molecule has 0 N–H and O–H groups in total. The highest BCUT2D eigenvalue weighted by Crippen LogP contribution is 1.90. The normalized spacial score (nSPS) is 12.1. The molecule has 0 aliphatic carbocycles. The maximum absolute atomic E-state index is 2.41. The molecule has 0 saturated heterocycles. The summed E-state index contributed by atoms with van der Waals surface area (Å²) in [4.78, 5) is 0. The summed E-state index contributed by atoms with van der Waals surface area (Å²) in [5, 5.41) is 0. The van der Waals surface area contributed by atoms with Crippen molar-refractivity contribution < 1.29 is 4.58 Å². The van der Waals surface area contributed by atoms with E-state index >= 15 is 0 Å². The van der Waals surface area contributed by atoms with Gasteiger partial charge in [-0.05, 0) is 13.3 Å². The molecule has 66 valence electrons. The zero-order chi connectivity index (χ0) is 8.53. The summed E-state index contributed by atoms with van der Waals surface area (Å²) in [6, 6.07) is 0. The summed E-state index contributed by atoms with van der Waals surface area (Å²) in [6.45, 7) is 9.08.